The molecule has 0 saturated heterocycles. The van der Waals surface area contributed by atoms with Crippen LogP contribution < -0.4 is 5.32 Å². The zero-order chi connectivity index (χ0) is 19.9. The predicted octanol–water partition coefficient (Wildman–Crippen LogP) is 5.81. The van der Waals surface area contributed by atoms with E-state index in [4.69, 9.17) is 23.2 Å². The van der Waals surface area contributed by atoms with Crippen LogP contribution in [0.5, 0.6) is 0 Å². The Morgan fingerprint density at radius 2 is 1.93 bits per heavy atom. The number of halogens is 5. The molecule has 28 heavy (non-hydrogen) atoms. The van der Waals surface area contributed by atoms with E-state index in [1.165, 1.54) is 17.1 Å². The number of benzene rings is 1. The number of alkyl halides is 3. The van der Waals surface area contributed by atoms with Gasteiger partial charge in [-0.05, 0) is 23.8 Å². The van der Waals surface area contributed by atoms with Crippen molar-refractivity contribution in [3.05, 3.63) is 63.5 Å². The Bertz CT molecular complexity index is 1140. The molecule has 3 heterocycles. The second-order valence-corrected chi connectivity index (χ2v) is 7.62. The van der Waals surface area contributed by atoms with Crippen molar-refractivity contribution in [3.63, 3.8) is 0 Å². The SMILES string of the molecule is FC(F)(F)c1cc2c(NCc3ccc(Cl)c(Cl)c3)nc(-n3ccnc3)nc2s1. The van der Waals surface area contributed by atoms with E-state index >= 15 is 0 Å². The van der Waals surface area contributed by atoms with Gasteiger partial charge in [-0.15, -0.1) is 11.3 Å². The summed E-state index contributed by atoms with van der Waals surface area (Å²) in [4.78, 5) is 12.0. The smallest absolute Gasteiger partial charge is 0.365 e. The highest BCUT2D eigenvalue weighted by molar-refractivity contribution is 7.18. The van der Waals surface area contributed by atoms with E-state index in [2.05, 4.69) is 20.3 Å². The van der Waals surface area contributed by atoms with E-state index in [1.54, 1.807) is 24.4 Å². The minimum Gasteiger partial charge on any atom is -0.365 e. The van der Waals surface area contributed by atoms with Gasteiger partial charge in [0.2, 0.25) is 5.95 Å². The topological polar surface area (TPSA) is 55.6 Å². The predicted molar refractivity (Wildman–Crippen MR) is 103 cm³/mol. The number of thiophene rings is 1. The maximum Gasteiger partial charge on any atom is 0.425 e. The Kier molecular flexibility index (Phi) is 4.90. The van der Waals surface area contributed by atoms with E-state index in [9.17, 15) is 13.2 Å². The Morgan fingerprint density at radius 1 is 1.11 bits per heavy atom. The normalized spacial score (nSPS) is 11.9. The fraction of sp³-hybridized carbons (Fsp3) is 0.118. The van der Waals surface area contributed by atoms with Gasteiger partial charge in [-0.25, -0.2) is 9.97 Å². The second kappa shape index (κ2) is 7.23. The summed E-state index contributed by atoms with van der Waals surface area (Å²) in [6.07, 6.45) is 0.165. The fourth-order valence-corrected chi connectivity index (χ4v) is 3.73. The maximum absolute atomic E-state index is 13.2. The first kappa shape index (κ1) is 19.0. The van der Waals surface area contributed by atoms with Crippen molar-refractivity contribution in [1.29, 1.82) is 0 Å². The van der Waals surface area contributed by atoms with E-state index in [-0.39, 0.29) is 16.6 Å². The summed E-state index contributed by atoms with van der Waals surface area (Å²) in [5.74, 6) is 0.503. The lowest BCUT2D eigenvalue weighted by molar-refractivity contribution is -0.134. The van der Waals surface area contributed by atoms with Crippen molar-refractivity contribution in [2.45, 2.75) is 12.7 Å². The zero-order valence-electron chi connectivity index (χ0n) is 13.8. The molecular formula is C17H10Cl2F3N5S. The van der Waals surface area contributed by atoms with Crippen molar-refractivity contribution in [2.75, 3.05) is 5.32 Å². The average Bonchev–Trinajstić information content (AvgIpc) is 3.31. The van der Waals surface area contributed by atoms with Crippen LogP contribution in [-0.2, 0) is 12.7 Å². The molecule has 4 aromatic rings. The van der Waals surface area contributed by atoms with Gasteiger partial charge in [-0.2, -0.15) is 18.2 Å². The highest BCUT2D eigenvalue weighted by Gasteiger charge is 2.33. The molecule has 144 valence electrons. The molecule has 0 bridgehead atoms. The Hall–Kier alpha value is -2.36. The van der Waals surface area contributed by atoms with Gasteiger partial charge in [-0.1, -0.05) is 29.3 Å². The Morgan fingerprint density at radius 3 is 2.61 bits per heavy atom. The molecule has 4 rings (SSSR count). The first-order valence-electron chi connectivity index (χ1n) is 7.86. The lowest BCUT2D eigenvalue weighted by Gasteiger charge is -2.10. The van der Waals surface area contributed by atoms with E-state index in [0.717, 1.165) is 11.6 Å². The Balaban J connectivity index is 1.75. The van der Waals surface area contributed by atoms with Crippen LogP contribution >= 0.6 is 34.5 Å². The first-order chi connectivity index (χ1) is 13.3. The van der Waals surface area contributed by atoms with Crippen LogP contribution in [0.4, 0.5) is 19.0 Å². The molecule has 0 fully saturated rings. The van der Waals surface area contributed by atoms with E-state index in [0.29, 0.717) is 33.3 Å². The zero-order valence-corrected chi connectivity index (χ0v) is 16.2. The van der Waals surface area contributed by atoms with Crippen LogP contribution in [0.2, 0.25) is 10.0 Å². The first-order valence-corrected chi connectivity index (χ1v) is 9.43. The van der Waals surface area contributed by atoms with Gasteiger partial charge < -0.3 is 5.32 Å². The number of anilines is 1. The van der Waals surface area contributed by atoms with Crippen LogP contribution in [0.1, 0.15) is 10.4 Å². The number of nitrogens with zero attached hydrogens (tertiary/aromatic N) is 4. The molecule has 11 heteroatoms. The highest BCUT2D eigenvalue weighted by Crippen LogP contribution is 2.39. The maximum atomic E-state index is 13.2. The summed E-state index contributed by atoms with van der Waals surface area (Å²) in [6.45, 7) is 0.295. The molecule has 0 amide bonds. The number of fused-ring (bicyclic) bond motifs is 1. The molecule has 0 atom stereocenters. The van der Waals surface area contributed by atoms with Crippen molar-refractivity contribution >= 4 is 50.6 Å². The molecular weight excluding hydrogens is 434 g/mol. The van der Waals surface area contributed by atoms with E-state index < -0.39 is 11.1 Å². The molecule has 0 aliphatic rings. The Labute approximate surface area is 170 Å². The second-order valence-electron chi connectivity index (χ2n) is 5.77. The van der Waals surface area contributed by atoms with Gasteiger partial charge in [0.05, 0.1) is 15.4 Å². The van der Waals surface area contributed by atoms with Gasteiger partial charge in [0.15, 0.2) is 0 Å². The minimum atomic E-state index is -4.46. The van der Waals surface area contributed by atoms with Crippen LogP contribution in [0.15, 0.2) is 43.0 Å². The molecule has 1 aromatic carbocycles. The number of nitrogens with one attached hydrogen (secondary N) is 1. The summed E-state index contributed by atoms with van der Waals surface area (Å²) in [5, 5.41) is 4.18. The molecule has 0 radical (unpaired) electrons. The van der Waals surface area contributed by atoms with Crippen LogP contribution in [0, 0.1) is 0 Å². The van der Waals surface area contributed by atoms with Gasteiger partial charge in [0.25, 0.3) is 0 Å². The van der Waals surface area contributed by atoms with E-state index in [1.807, 2.05) is 0 Å². The minimum absolute atomic E-state index is 0.220. The molecule has 0 saturated carbocycles. The number of hydrogen-bond acceptors (Lipinski definition) is 5. The third-order valence-corrected chi connectivity index (χ3v) is 5.65. The molecule has 1 N–H and O–H groups in total. The number of hydrogen-bond donors (Lipinski definition) is 1. The van der Waals surface area contributed by atoms with Crippen molar-refractivity contribution in [2.24, 2.45) is 0 Å². The van der Waals surface area contributed by atoms with Gasteiger partial charge in [0, 0.05) is 18.9 Å². The van der Waals surface area contributed by atoms with Crippen LogP contribution in [0.25, 0.3) is 16.2 Å². The van der Waals surface area contributed by atoms with Crippen molar-refractivity contribution in [3.8, 4) is 5.95 Å². The largest absolute Gasteiger partial charge is 0.425 e. The molecule has 3 aromatic heterocycles. The summed E-state index contributed by atoms with van der Waals surface area (Å²) in [7, 11) is 0. The number of imidazole rings is 1. The third kappa shape index (κ3) is 3.78. The molecule has 0 aliphatic carbocycles. The fourth-order valence-electron chi connectivity index (χ4n) is 2.51. The van der Waals surface area contributed by atoms with Gasteiger partial charge in [-0.3, -0.25) is 4.57 Å². The summed E-state index contributed by atoms with van der Waals surface area (Å²) in [6, 6.07) is 6.15. The molecule has 0 spiro atoms. The average molecular weight is 444 g/mol. The van der Waals surface area contributed by atoms with Crippen LogP contribution in [0.3, 0.4) is 0 Å². The number of aromatic nitrogens is 4. The lowest BCUT2D eigenvalue weighted by Crippen LogP contribution is -2.06. The van der Waals surface area contributed by atoms with Crippen molar-refractivity contribution in [1.82, 2.24) is 19.5 Å². The lowest BCUT2D eigenvalue weighted by atomic mass is 10.2. The summed E-state index contributed by atoms with van der Waals surface area (Å²) in [5.41, 5.74) is 0.802. The standard InChI is InChI=1S/C17H10Cl2F3N5S/c18-11-2-1-9(5-12(11)19)7-24-14-10-6-13(17(20,21)22)28-15(10)26-16(25-14)27-4-3-23-8-27/h1-6,8H,7H2,(H,24,25,26). The van der Waals surface area contributed by atoms with Gasteiger partial charge in [0.1, 0.15) is 21.9 Å². The summed E-state index contributed by atoms with van der Waals surface area (Å²) >= 11 is 12.5. The van der Waals surface area contributed by atoms with Gasteiger partial charge >= 0.3 is 6.18 Å². The summed E-state index contributed by atoms with van der Waals surface area (Å²) < 4.78 is 41.0. The molecule has 0 unspecified atom stereocenters. The third-order valence-electron chi connectivity index (χ3n) is 3.84. The van der Waals surface area contributed by atoms with Crippen LogP contribution in [-0.4, -0.2) is 19.5 Å². The molecule has 5 nitrogen and oxygen atoms in total. The highest BCUT2D eigenvalue weighted by atomic mass is 35.5. The van der Waals surface area contributed by atoms with Crippen molar-refractivity contribution < 1.29 is 13.2 Å². The molecule has 0 aliphatic heterocycles. The quantitative estimate of drug-likeness (QED) is 0.432. The monoisotopic (exact) mass is 443 g/mol. The number of rotatable bonds is 4.